The molecule has 1 heterocycles. The zero-order chi connectivity index (χ0) is 21.8. The second-order valence-electron chi connectivity index (χ2n) is 6.49. The van der Waals surface area contributed by atoms with E-state index in [9.17, 15) is 18.0 Å². The number of hydrogen-bond acceptors (Lipinski definition) is 4. The first-order valence-electron chi connectivity index (χ1n) is 9.21. The van der Waals surface area contributed by atoms with Crippen LogP contribution in [0.25, 0.3) is 10.9 Å². The van der Waals surface area contributed by atoms with E-state index in [2.05, 4.69) is 20.3 Å². The minimum Gasteiger partial charge on any atom is -0.489 e. The zero-order valence-corrected chi connectivity index (χ0v) is 15.9. The monoisotopic (exact) mass is 427 g/mol. The van der Waals surface area contributed by atoms with Gasteiger partial charge < -0.3 is 14.8 Å². The number of amides is 1. The number of carbonyl (C=O) groups is 1. The number of para-hydroxylation sites is 1. The van der Waals surface area contributed by atoms with Crippen LogP contribution in [0.15, 0.2) is 66.7 Å². The van der Waals surface area contributed by atoms with E-state index in [0.29, 0.717) is 22.2 Å². The van der Waals surface area contributed by atoms with Gasteiger partial charge in [0, 0.05) is 17.0 Å². The second kappa shape index (κ2) is 8.78. The molecule has 1 amide bonds. The topological polar surface area (TPSA) is 76.2 Å². The summed E-state index contributed by atoms with van der Waals surface area (Å²) < 4.78 is 49.1. The van der Waals surface area contributed by atoms with Crippen LogP contribution in [0.1, 0.15) is 15.9 Å². The summed E-state index contributed by atoms with van der Waals surface area (Å²) in [4.78, 5) is 12.3. The van der Waals surface area contributed by atoms with Gasteiger partial charge in [0.2, 0.25) is 0 Å². The molecule has 0 aliphatic rings. The van der Waals surface area contributed by atoms with E-state index in [0.717, 1.165) is 0 Å². The Morgan fingerprint density at radius 2 is 1.84 bits per heavy atom. The highest BCUT2D eigenvalue weighted by Gasteiger charge is 2.15. The van der Waals surface area contributed by atoms with Gasteiger partial charge in [0.05, 0.1) is 11.1 Å². The normalized spacial score (nSPS) is 11.0. The summed E-state index contributed by atoms with van der Waals surface area (Å²) in [6.45, 7) is -2.92. The number of rotatable bonds is 7. The smallest absolute Gasteiger partial charge is 0.387 e. The van der Waals surface area contributed by atoms with Crippen LogP contribution in [0, 0.1) is 5.82 Å². The molecule has 0 atom stereocenters. The fourth-order valence-electron chi connectivity index (χ4n) is 3.00. The maximum absolute atomic E-state index is 13.8. The molecule has 158 valence electrons. The minimum atomic E-state index is -2.93. The molecule has 4 aromatic rings. The molecule has 1 aromatic heterocycles. The summed E-state index contributed by atoms with van der Waals surface area (Å²) in [6.07, 6.45) is 0. The fourth-order valence-corrected chi connectivity index (χ4v) is 3.00. The number of fused-ring (bicyclic) bond motifs is 1. The van der Waals surface area contributed by atoms with E-state index in [1.165, 1.54) is 24.3 Å². The van der Waals surface area contributed by atoms with Gasteiger partial charge in [-0.15, -0.1) is 0 Å². The fraction of sp³-hybridized carbons (Fsp3) is 0.0909. The van der Waals surface area contributed by atoms with Crippen molar-refractivity contribution in [3.8, 4) is 11.5 Å². The molecule has 0 saturated heterocycles. The van der Waals surface area contributed by atoms with Crippen molar-refractivity contribution in [2.45, 2.75) is 13.2 Å². The molecule has 0 aliphatic carbocycles. The largest absolute Gasteiger partial charge is 0.489 e. The number of carbonyl (C=O) groups excluding carboxylic acids is 1. The van der Waals surface area contributed by atoms with E-state index in [1.54, 1.807) is 42.5 Å². The van der Waals surface area contributed by atoms with Gasteiger partial charge in [-0.2, -0.15) is 13.9 Å². The van der Waals surface area contributed by atoms with Gasteiger partial charge in [-0.1, -0.05) is 30.3 Å². The highest BCUT2D eigenvalue weighted by Crippen LogP contribution is 2.27. The molecule has 0 bridgehead atoms. The van der Waals surface area contributed by atoms with Crippen LogP contribution in [-0.2, 0) is 6.61 Å². The number of nitrogens with zero attached hydrogens (tertiary/aromatic N) is 1. The molecule has 6 nitrogen and oxygen atoms in total. The Bertz CT molecular complexity index is 1230. The molecule has 0 fully saturated rings. The number of H-pyrrole nitrogens is 1. The molecule has 4 rings (SSSR count). The van der Waals surface area contributed by atoms with Crippen molar-refractivity contribution < 1.29 is 27.4 Å². The summed E-state index contributed by atoms with van der Waals surface area (Å²) in [5, 5.41) is 10.0. The molecule has 0 saturated carbocycles. The number of nitrogens with one attached hydrogen (secondary N) is 2. The Morgan fingerprint density at radius 3 is 2.65 bits per heavy atom. The van der Waals surface area contributed by atoms with Crippen LogP contribution in [0.4, 0.5) is 19.0 Å². The number of benzene rings is 3. The molecule has 9 heteroatoms. The van der Waals surface area contributed by atoms with Crippen LogP contribution >= 0.6 is 0 Å². The summed E-state index contributed by atoms with van der Waals surface area (Å²) >= 11 is 0. The summed E-state index contributed by atoms with van der Waals surface area (Å²) in [6, 6.07) is 17.0. The van der Waals surface area contributed by atoms with Gasteiger partial charge in [0.15, 0.2) is 5.82 Å². The maximum Gasteiger partial charge on any atom is 0.387 e. The molecule has 0 unspecified atom stereocenters. The SMILES string of the molecule is O=C(Nc1n[nH]c2cc(OCc3ccccc3OC(F)F)ccc12)c1ccccc1F. The first kappa shape index (κ1) is 20.3. The van der Waals surface area contributed by atoms with E-state index < -0.39 is 18.3 Å². The van der Waals surface area contributed by atoms with Gasteiger partial charge >= 0.3 is 6.61 Å². The van der Waals surface area contributed by atoms with Crippen molar-refractivity contribution in [2.75, 3.05) is 5.32 Å². The molecular weight excluding hydrogens is 411 g/mol. The summed E-state index contributed by atoms with van der Waals surface area (Å²) in [5.74, 6) is -0.521. The number of aromatic nitrogens is 2. The van der Waals surface area contributed by atoms with Crippen LogP contribution in [0.5, 0.6) is 11.5 Å². The third-order valence-corrected chi connectivity index (χ3v) is 4.47. The summed E-state index contributed by atoms with van der Waals surface area (Å²) in [7, 11) is 0. The second-order valence-corrected chi connectivity index (χ2v) is 6.49. The van der Waals surface area contributed by atoms with E-state index in [-0.39, 0.29) is 23.7 Å². The van der Waals surface area contributed by atoms with E-state index in [1.807, 2.05) is 0 Å². The predicted octanol–water partition coefficient (Wildman–Crippen LogP) is 5.13. The Balaban J connectivity index is 1.48. The maximum atomic E-state index is 13.8. The number of alkyl halides is 2. The Hall–Kier alpha value is -4.01. The van der Waals surface area contributed by atoms with Crippen LogP contribution in [-0.4, -0.2) is 22.7 Å². The van der Waals surface area contributed by atoms with Crippen LogP contribution in [0.2, 0.25) is 0 Å². The molecule has 31 heavy (non-hydrogen) atoms. The van der Waals surface area contributed by atoms with E-state index in [4.69, 9.17) is 4.74 Å². The lowest BCUT2D eigenvalue weighted by atomic mass is 10.2. The number of anilines is 1. The highest BCUT2D eigenvalue weighted by atomic mass is 19.3. The molecule has 3 aromatic carbocycles. The summed E-state index contributed by atoms with van der Waals surface area (Å²) in [5.41, 5.74) is 0.937. The van der Waals surface area contributed by atoms with Gasteiger partial charge in [-0.3, -0.25) is 9.89 Å². The molecule has 0 radical (unpaired) electrons. The van der Waals surface area contributed by atoms with Crippen LogP contribution in [0.3, 0.4) is 0 Å². The molecular formula is C22H16F3N3O3. The van der Waals surface area contributed by atoms with Gasteiger partial charge in [-0.25, -0.2) is 4.39 Å². The first-order chi connectivity index (χ1) is 15.0. The van der Waals surface area contributed by atoms with Crippen molar-refractivity contribution in [3.63, 3.8) is 0 Å². The Kier molecular flexibility index (Phi) is 5.74. The van der Waals surface area contributed by atoms with Gasteiger partial charge in [0.25, 0.3) is 5.91 Å². The number of aromatic amines is 1. The first-order valence-corrected chi connectivity index (χ1v) is 9.21. The number of halogens is 3. The number of ether oxygens (including phenoxy) is 2. The van der Waals surface area contributed by atoms with Gasteiger partial charge in [0.1, 0.15) is 23.9 Å². The lowest BCUT2D eigenvalue weighted by Crippen LogP contribution is -2.14. The standard InChI is InChI=1S/C22H16F3N3O3/c23-17-7-3-2-6-15(17)21(29)26-20-16-10-9-14(11-18(16)27-28-20)30-12-13-5-1-4-8-19(13)31-22(24)25/h1-11,22H,12H2,(H2,26,27,28,29). The average Bonchev–Trinajstić information content (AvgIpc) is 3.15. The lowest BCUT2D eigenvalue weighted by molar-refractivity contribution is -0.0508. The van der Waals surface area contributed by atoms with E-state index >= 15 is 0 Å². The predicted molar refractivity (Wildman–Crippen MR) is 108 cm³/mol. The quantitative estimate of drug-likeness (QED) is 0.429. The third-order valence-electron chi connectivity index (χ3n) is 4.47. The minimum absolute atomic E-state index is 0.0133. The van der Waals surface area contributed by atoms with Crippen molar-refractivity contribution in [2.24, 2.45) is 0 Å². The molecule has 0 aliphatic heterocycles. The van der Waals surface area contributed by atoms with Crippen LogP contribution < -0.4 is 14.8 Å². The molecule has 2 N–H and O–H groups in total. The van der Waals surface area contributed by atoms with Crippen molar-refractivity contribution in [3.05, 3.63) is 83.7 Å². The molecule has 0 spiro atoms. The highest BCUT2D eigenvalue weighted by molar-refractivity contribution is 6.08. The Labute approximate surface area is 174 Å². The van der Waals surface area contributed by atoms with Gasteiger partial charge in [-0.05, 0) is 30.3 Å². The van der Waals surface area contributed by atoms with Crippen molar-refractivity contribution >= 4 is 22.6 Å². The van der Waals surface area contributed by atoms with Crippen molar-refractivity contribution in [1.29, 1.82) is 0 Å². The number of hydrogen-bond donors (Lipinski definition) is 2. The van der Waals surface area contributed by atoms with Crippen molar-refractivity contribution in [1.82, 2.24) is 10.2 Å². The lowest BCUT2D eigenvalue weighted by Gasteiger charge is -2.11. The average molecular weight is 427 g/mol. The zero-order valence-electron chi connectivity index (χ0n) is 15.9. The third kappa shape index (κ3) is 4.61. The Morgan fingerprint density at radius 1 is 1.06 bits per heavy atom.